The van der Waals surface area contributed by atoms with E-state index in [4.69, 9.17) is 14.2 Å². The normalized spacial score (nSPS) is 12.2. The first-order valence-electron chi connectivity index (χ1n) is 11.6. The van der Waals surface area contributed by atoms with Crippen molar-refractivity contribution in [3.63, 3.8) is 0 Å². The number of carbonyl (C=O) groups excluding carboxylic acids is 2. The van der Waals surface area contributed by atoms with Gasteiger partial charge in [-0.25, -0.2) is 9.97 Å². The number of nitrogens with zero attached hydrogens (tertiary/aromatic N) is 3. The molecule has 0 fully saturated rings. The molecule has 188 valence electrons. The van der Waals surface area contributed by atoms with Crippen LogP contribution in [0, 0.1) is 0 Å². The van der Waals surface area contributed by atoms with Crippen molar-refractivity contribution >= 4 is 11.8 Å². The van der Waals surface area contributed by atoms with Crippen molar-refractivity contribution in [2.24, 2.45) is 0 Å². The summed E-state index contributed by atoms with van der Waals surface area (Å²) in [6.45, 7) is 3.03. The quantitative estimate of drug-likeness (QED) is 0.443. The van der Waals surface area contributed by atoms with Crippen molar-refractivity contribution in [2.75, 3.05) is 40.5 Å². The number of fused-ring (bicyclic) bond motifs is 1. The van der Waals surface area contributed by atoms with Crippen LogP contribution in [0.25, 0.3) is 0 Å². The van der Waals surface area contributed by atoms with Gasteiger partial charge in [0, 0.05) is 25.7 Å². The Morgan fingerprint density at radius 3 is 2.14 bits per heavy atom. The van der Waals surface area contributed by atoms with Gasteiger partial charge in [-0.3, -0.25) is 9.59 Å². The summed E-state index contributed by atoms with van der Waals surface area (Å²) in [6.07, 6.45) is 1.20. The molecule has 0 saturated heterocycles. The molecule has 2 N–H and O–H groups in total. The number of amides is 2. The van der Waals surface area contributed by atoms with Crippen LogP contribution in [0.4, 0.5) is 0 Å². The number of carbonyl (C=O) groups is 2. The number of likely N-dealkylation sites (N-methyl/N-ethyl adjacent to an activating group) is 1. The molecule has 10 heteroatoms. The number of hydrogen-bond donors (Lipinski definition) is 2. The van der Waals surface area contributed by atoms with E-state index < -0.39 is 11.8 Å². The predicted molar refractivity (Wildman–Crippen MR) is 132 cm³/mol. The van der Waals surface area contributed by atoms with Crippen LogP contribution in [0.3, 0.4) is 0 Å². The third kappa shape index (κ3) is 6.92. The Balaban J connectivity index is 1.27. The van der Waals surface area contributed by atoms with Crippen LogP contribution in [0.5, 0.6) is 17.2 Å². The smallest absolute Gasteiger partial charge is 0.270 e. The SMILES string of the molecule is CN(C)CCOc1ccc(CNC(=O)c2cc(C(=O)NCc3ccc4c(c3)OCCO4)ncn2)cc1. The number of nitrogens with one attached hydrogen (secondary N) is 2. The molecule has 0 radical (unpaired) electrons. The largest absolute Gasteiger partial charge is 0.492 e. The minimum Gasteiger partial charge on any atom is -0.492 e. The summed E-state index contributed by atoms with van der Waals surface area (Å²) >= 11 is 0. The van der Waals surface area contributed by atoms with Gasteiger partial charge in [0.25, 0.3) is 11.8 Å². The standard InChI is InChI=1S/C26H29N5O5/c1-31(2)9-10-34-20-6-3-18(4-7-20)15-27-25(32)21-14-22(30-17-29-21)26(33)28-16-19-5-8-23-24(13-19)36-12-11-35-23/h3-8,13-14,17H,9-12,15-16H2,1-2H3,(H,27,32)(H,28,33). The predicted octanol–water partition coefficient (Wildman–Crippen LogP) is 2.05. The molecule has 0 aliphatic carbocycles. The molecular formula is C26H29N5O5. The maximum atomic E-state index is 12.6. The number of aromatic nitrogens is 2. The average molecular weight is 492 g/mol. The minimum atomic E-state index is -0.411. The Morgan fingerprint density at radius 1 is 0.861 bits per heavy atom. The highest BCUT2D eigenvalue weighted by molar-refractivity contribution is 5.97. The van der Waals surface area contributed by atoms with Gasteiger partial charge in [0.2, 0.25) is 0 Å². The third-order valence-corrected chi connectivity index (χ3v) is 5.38. The Hall–Kier alpha value is -4.18. The molecule has 1 aliphatic heterocycles. The first-order valence-corrected chi connectivity index (χ1v) is 11.6. The third-order valence-electron chi connectivity index (χ3n) is 5.38. The summed E-state index contributed by atoms with van der Waals surface area (Å²) in [5.41, 5.74) is 1.98. The zero-order chi connectivity index (χ0) is 25.3. The summed E-state index contributed by atoms with van der Waals surface area (Å²) in [5.74, 6) is 1.30. The monoisotopic (exact) mass is 491 g/mol. The number of hydrogen-bond acceptors (Lipinski definition) is 8. The Kier molecular flexibility index (Phi) is 8.30. The van der Waals surface area contributed by atoms with Crippen LogP contribution in [0.1, 0.15) is 32.1 Å². The first-order chi connectivity index (χ1) is 17.5. The second-order valence-corrected chi connectivity index (χ2v) is 8.43. The molecule has 2 amide bonds. The van der Waals surface area contributed by atoms with Crippen molar-refractivity contribution in [3.8, 4) is 17.2 Å². The van der Waals surface area contributed by atoms with Gasteiger partial charge in [0.05, 0.1) is 0 Å². The maximum absolute atomic E-state index is 12.6. The number of rotatable bonds is 10. The van der Waals surface area contributed by atoms with Gasteiger partial charge >= 0.3 is 0 Å². The first kappa shape index (κ1) is 24.9. The van der Waals surface area contributed by atoms with Gasteiger partial charge in [0.15, 0.2) is 11.5 Å². The topological polar surface area (TPSA) is 115 Å². The van der Waals surface area contributed by atoms with E-state index in [9.17, 15) is 9.59 Å². The molecule has 3 aromatic rings. The number of benzene rings is 2. The molecule has 0 atom stereocenters. The highest BCUT2D eigenvalue weighted by Gasteiger charge is 2.15. The van der Waals surface area contributed by atoms with Crippen molar-refractivity contribution < 1.29 is 23.8 Å². The van der Waals surface area contributed by atoms with Gasteiger partial charge in [-0.1, -0.05) is 18.2 Å². The fourth-order valence-electron chi connectivity index (χ4n) is 3.40. The second-order valence-electron chi connectivity index (χ2n) is 8.43. The summed E-state index contributed by atoms with van der Waals surface area (Å²) in [4.78, 5) is 35.2. The second kappa shape index (κ2) is 12.0. The van der Waals surface area contributed by atoms with E-state index in [1.165, 1.54) is 12.4 Å². The molecule has 0 unspecified atom stereocenters. The average Bonchev–Trinajstić information content (AvgIpc) is 2.91. The molecule has 1 aliphatic rings. The maximum Gasteiger partial charge on any atom is 0.270 e. The van der Waals surface area contributed by atoms with Gasteiger partial charge < -0.3 is 29.7 Å². The molecule has 4 rings (SSSR count). The lowest BCUT2D eigenvalue weighted by atomic mass is 10.2. The summed E-state index contributed by atoms with van der Waals surface area (Å²) in [7, 11) is 3.98. The van der Waals surface area contributed by atoms with Crippen molar-refractivity contribution in [1.29, 1.82) is 0 Å². The summed E-state index contributed by atoms with van der Waals surface area (Å²) < 4.78 is 16.8. The van der Waals surface area contributed by atoms with Crippen LogP contribution in [-0.4, -0.2) is 67.1 Å². The molecule has 1 aromatic heterocycles. The summed E-state index contributed by atoms with van der Waals surface area (Å²) in [5, 5.41) is 5.61. The van der Waals surface area contributed by atoms with Crippen LogP contribution in [-0.2, 0) is 13.1 Å². The molecule has 0 spiro atoms. The van der Waals surface area contributed by atoms with E-state index in [2.05, 4.69) is 20.6 Å². The fraction of sp³-hybridized carbons (Fsp3) is 0.308. The highest BCUT2D eigenvalue weighted by Crippen LogP contribution is 2.30. The molecular weight excluding hydrogens is 462 g/mol. The highest BCUT2D eigenvalue weighted by atomic mass is 16.6. The summed E-state index contributed by atoms with van der Waals surface area (Å²) in [6, 6.07) is 14.4. The molecule has 2 heterocycles. The molecule has 10 nitrogen and oxygen atoms in total. The van der Waals surface area contributed by atoms with E-state index in [-0.39, 0.29) is 17.9 Å². The molecule has 0 bridgehead atoms. The zero-order valence-electron chi connectivity index (χ0n) is 20.3. The van der Waals surface area contributed by atoms with Crippen LogP contribution >= 0.6 is 0 Å². The van der Waals surface area contributed by atoms with Gasteiger partial charge in [0.1, 0.15) is 43.3 Å². The Bertz CT molecular complexity index is 1200. The molecule has 2 aromatic carbocycles. The van der Waals surface area contributed by atoms with Gasteiger partial charge in [-0.05, 0) is 49.5 Å². The lowest BCUT2D eigenvalue weighted by Gasteiger charge is -2.18. The number of ether oxygens (including phenoxy) is 3. The van der Waals surface area contributed by atoms with Crippen molar-refractivity contribution in [1.82, 2.24) is 25.5 Å². The van der Waals surface area contributed by atoms with Crippen LogP contribution in [0.15, 0.2) is 54.9 Å². The van der Waals surface area contributed by atoms with Crippen LogP contribution in [0.2, 0.25) is 0 Å². The van der Waals surface area contributed by atoms with Crippen molar-refractivity contribution in [3.05, 3.63) is 77.4 Å². The molecule has 0 saturated carbocycles. The zero-order valence-corrected chi connectivity index (χ0v) is 20.3. The minimum absolute atomic E-state index is 0.104. The van der Waals surface area contributed by atoms with E-state index in [1.54, 1.807) is 0 Å². The lowest BCUT2D eigenvalue weighted by molar-refractivity contribution is 0.0944. The fourth-order valence-corrected chi connectivity index (χ4v) is 3.40. The van der Waals surface area contributed by atoms with Crippen molar-refractivity contribution in [2.45, 2.75) is 13.1 Å². The molecule has 36 heavy (non-hydrogen) atoms. The van der Waals surface area contributed by atoms with Gasteiger partial charge in [-0.15, -0.1) is 0 Å². The van der Waals surface area contributed by atoms with E-state index >= 15 is 0 Å². The van der Waals surface area contributed by atoms with E-state index in [0.717, 1.165) is 23.4 Å². The Labute approximate surface area is 209 Å². The lowest BCUT2D eigenvalue weighted by Crippen LogP contribution is -2.27. The van der Waals surface area contributed by atoms with E-state index in [0.29, 0.717) is 37.9 Å². The van der Waals surface area contributed by atoms with E-state index in [1.807, 2.05) is 61.5 Å². The van der Waals surface area contributed by atoms with Gasteiger partial charge in [-0.2, -0.15) is 0 Å². The Morgan fingerprint density at radius 2 is 1.47 bits per heavy atom. The van der Waals surface area contributed by atoms with Crippen LogP contribution < -0.4 is 24.8 Å².